The Labute approximate surface area is 84.9 Å². The SMILES string of the molecule is CC1CCCC1(O)CNC(=O)[C@@H](C)N. The topological polar surface area (TPSA) is 75.3 Å². The van der Waals surface area contributed by atoms with Crippen LogP contribution in [0.2, 0.25) is 0 Å². The van der Waals surface area contributed by atoms with E-state index in [1.165, 1.54) is 0 Å². The number of nitrogens with two attached hydrogens (primary N) is 1. The van der Waals surface area contributed by atoms with Crippen molar-refractivity contribution in [1.29, 1.82) is 0 Å². The lowest BCUT2D eigenvalue weighted by molar-refractivity contribution is -0.123. The van der Waals surface area contributed by atoms with Gasteiger partial charge in [-0.3, -0.25) is 4.79 Å². The summed E-state index contributed by atoms with van der Waals surface area (Å²) >= 11 is 0. The fraction of sp³-hybridized carbons (Fsp3) is 0.900. The first-order valence-electron chi connectivity index (χ1n) is 5.21. The first kappa shape index (κ1) is 11.5. The molecule has 1 rings (SSSR count). The summed E-state index contributed by atoms with van der Waals surface area (Å²) in [5, 5.41) is 12.8. The average molecular weight is 200 g/mol. The van der Waals surface area contributed by atoms with E-state index >= 15 is 0 Å². The molecule has 0 aromatic rings. The quantitative estimate of drug-likeness (QED) is 0.600. The summed E-state index contributed by atoms with van der Waals surface area (Å²) in [4.78, 5) is 11.2. The van der Waals surface area contributed by atoms with Crippen LogP contribution in [-0.2, 0) is 4.79 Å². The second kappa shape index (κ2) is 4.28. The van der Waals surface area contributed by atoms with Gasteiger partial charge in [-0.2, -0.15) is 0 Å². The third-order valence-corrected chi connectivity index (χ3v) is 3.15. The van der Waals surface area contributed by atoms with Crippen molar-refractivity contribution in [1.82, 2.24) is 5.32 Å². The van der Waals surface area contributed by atoms with Crippen molar-refractivity contribution in [2.75, 3.05) is 6.54 Å². The van der Waals surface area contributed by atoms with E-state index in [0.717, 1.165) is 19.3 Å². The number of hydrogen-bond acceptors (Lipinski definition) is 3. The highest BCUT2D eigenvalue weighted by Gasteiger charge is 2.38. The summed E-state index contributed by atoms with van der Waals surface area (Å²) in [5.74, 6) is 0.0633. The standard InChI is InChI=1S/C10H20N2O2/c1-7-4-3-5-10(7,14)6-12-9(13)8(2)11/h7-8,14H,3-6,11H2,1-2H3,(H,12,13)/t7?,8-,10?/m1/s1. The Bertz CT molecular complexity index is 218. The van der Waals surface area contributed by atoms with Crippen molar-refractivity contribution < 1.29 is 9.90 Å². The van der Waals surface area contributed by atoms with Crippen molar-refractivity contribution in [3.8, 4) is 0 Å². The van der Waals surface area contributed by atoms with E-state index in [1.807, 2.05) is 6.92 Å². The maximum atomic E-state index is 11.2. The maximum absolute atomic E-state index is 11.2. The number of aliphatic hydroxyl groups is 1. The normalized spacial score (nSPS) is 34.1. The molecule has 82 valence electrons. The lowest BCUT2D eigenvalue weighted by Gasteiger charge is -2.28. The number of hydrogen-bond donors (Lipinski definition) is 3. The van der Waals surface area contributed by atoms with Gasteiger partial charge in [0.25, 0.3) is 0 Å². The molecule has 3 atom stereocenters. The predicted octanol–water partition coefficient (Wildman–Crippen LogP) is 0.000900. The van der Waals surface area contributed by atoms with Crippen molar-refractivity contribution in [3.05, 3.63) is 0 Å². The van der Waals surface area contributed by atoms with E-state index in [-0.39, 0.29) is 11.8 Å². The minimum atomic E-state index is -0.718. The van der Waals surface area contributed by atoms with Gasteiger partial charge in [-0.1, -0.05) is 13.3 Å². The molecule has 4 nitrogen and oxygen atoms in total. The molecule has 2 unspecified atom stereocenters. The molecule has 0 aliphatic heterocycles. The summed E-state index contributed by atoms with van der Waals surface area (Å²) in [7, 11) is 0. The molecular formula is C10H20N2O2. The molecular weight excluding hydrogens is 180 g/mol. The van der Waals surface area contributed by atoms with Gasteiger partial charge < -0.3 is 16.2 Å². The zero-order chi connectivity index (χ0) is 10.8. The molecule has 0 aromatic heterocycles. The Hall–Kier alpha value is -0.610. The molecule has 0 radical (unpaired) electrons. The van der Waals surface area contributed by atoms with Crippen LogP contribution in [-0.4, -0.2) is 29.2 Å². The van der Waals surface area contributed by atoms with E-state index in [0.29, 0.717) is 6.54 Å². The fourth-order valence-electron chi connectivity index (χ4n) is 1.89. The molecule has 0 bridgehead atoms. The van der Waals surface area contributed by atoms with Crippen LogP contribution < -0.4 is 11.1 Å². The monoisotopic (exact) mass is 200 g/mol. The molecule has 1 fully saturated rings. The molecule has 1 aliphatic rings. The zero-order valence-corrected chi connectivity index (χ0v) is 8.92. The van der Waals surface area contributed by atoms with Crippen LogP contribution in [0.3, 0.4) is 0 Å². The first-order valence-corrected chi connectivity index (χ1v) is 5.21. The second-order valence-electron chi connectivity index (χ2n) is 4.40. The Balaban J connectivity index is 2.40. The van der Waals surface area contributed by atoms with Gasteiger partial charge in [0.2, 0.25) is 5.91 Å². The number of amides is 1. The molecule has 0 spiro atoms. The molecule has 4 N–H and O–H groups in total. The van der Waals surface area contributed by atoms with E-state index in [4.69, 9.17) is 5.73 Å². The van der Waals surface area contributed by atoms with Gasteiger partial charge in [0, 0.05) is 6.54 Å². The van der Waals surface area contributed by atoms with Gasteiger partial charge >= 0.3 is 0 Å². The molecule has 0 aromatic carbocycles. The van der Waals surface area contributed by atoms with Gasteiger partial charge in [0.05, 0.1) is 11.6 Å². The smallest absolute Gasteiger partial charge is 0.236 e. The molecule has 0 saturated heterocycles. The summed E-state index contributed by atoms with van der Waals surface area (Å²) in [6.07, 6.45) is 2.84. The van der Waals surface area contributed by atoms with Crippen LogP contribution in [0.5, 0.6) is 0 Å². The lowest BCUT2D eigenvalue weighted by atomic mass is 9.92. The van der Waals surface area contributed by atoms with E-state index in [1.54, 1.807) is 6.92 Å². The van der Waals surface area contributed by atoms with E-state index < -0.39 is 11.6 Å². The van der Waals surface area contributed by atoms with E-state index in [9.17, 15) is 9.90 Å². The molecule has 1 amide bonds. The van der Waals surface area contributed by atoms with Gasteiger partial charge in [-0.25, -0.2) is 0 Å². The summed E-state index contributed by atoms with van der Waals surface area (Å²) < 4.78 is 0. The summed E-state index contributed by atoms with van der Waals surface area (Å²) in [5.41, 5.74) is 4.69. The highest BCUT2D eigenvalue weighted by molar-refractivity contribution is 5.81. The average Bonchev–Trinajstić information content (AvgIpc) is 2.44. The zero-order valence-electron chi connectivity index (χ0n) is 8.92. The largest absolute Gasteiger partial charge is 0.388 e. The highest BCUT2D eigenvalue weighted by Crippen LogP contribution is 2.34. The van der Waals surface area contributed by atoms with Crippen molar-refractivity contribution in [2.24, 2.45) is 11.7 Å². The van der Waals surface area contributed by atoms with Crippen LogP contribution in [0.1, 0.15) is 33.1 Å². The summed E-state index contributed by atoms with van der Waals surface area (Å²) in [6, 6.07) is -0.504. The number of carbonyl (C=O) groups excluding carboxylic acids is 1. The maximum Gasteiger partial charge on any atom is 0.236 e. The summed E-state index contributed by atoms with van der Waals surface area (Å²) in [6.45, 7) is 3.98. The van der Waals surface area contributed by atoms with Crippen molar-refractivity contribution in [3.63, 3.8) is 0 Å². The minimum Gasteiger partial charge on any atom is -0.388 e. The Morgan fingerprint density at radius 1 is 1.79 bits per heavy atom. The number of nitrogens with one attached hydrogen (secondary N) is 1. The van der Waals surface area contributed by atoms with Crippen LogP contribution in [0.25, 0.3) is 0 Å². The molecule has 1 aliphatic carbocycles. The van der Waals surface area contributed by atoms with Gasteiger partial charge in [0.1, 0.15) is 0 Å². The highest BCUT2D eigenvalue weighted by atomic mass is 16.3. The Morgan fingerprint density at radius 2 is 2.43 bits per heavy atom. The first-order chi connectivity index (χ1) is 6.46. The Kier molecular flexibility index (Phi) is 3.50. The fourth-order valence-corrected chi connectivity index (χ4v) is 1.89. The van der Waals surface area contributed by atoms with Gasteiger partial charge in [0.15, 0.2) is 0 Å². The molecule has 0 heterocycles. The predicted molar refractivity (Wildman–Crippen MR) is 54.6 cm³/mol. The van der Waals surface area contributed by atoms with E-state index in [2.05, 4.69) is 5.32 Å². The van der Waals surface area contributed by atoms with Crippen molar-refractivity contribution in [2.45, 2.75) is 44.8 Å². The minimum absolute atomic E-state index is 0.197. The molecule has 1 saturated carbocycles. The van der Waals surface area contributed by atoms with Crippen LogP contribution in [0.15, 0.2) is 0 Å². The molecule has 4 heteroatoms. The van der Waals surface area contributed by atoms with Crippen LogP contribution in [0.4, 0.5) is 0 Å². The Morgan fingerprint density at radius 3 is 2.86 bits per heavy atom. The third-order valence-electron chi connectivity index (χ3n) is 3.15. The third kappa shape index (κ3) is 2.45. The number of carbonyl (C=O) groups is 1. The lowest BCUT2D eigenvalue weighted by Crippen LogP contribution is -2.48. The van der Waals surface area contributed by atoms with Crippen molar-refractivity contribution >= 4 is 5.91 Å². The van der Waals surface area contributed by atoms with Crippen LogP contribution >= 0.6 is 0 Å². The van der Waals surface area contributed by atoms with Crippen LogP contribution in [0, 0.1) is 5.92 Å². The molecule has 14 heavy (non-hydrogen) atoms. The number of rotatable bonds is 3. The van der Waals surface area contributed by atoms with Gasteiger partial charge in [-0.15, -0.1) is 0 Å². The van der Waals surface area contributed by atoms with Gasteiger partial charge in [-0.05, 0) is 25.7 Å². The second-order valence-corrected chi connectivity index (χ2v) is 4.40.